The maximum absolute atomic E-state index is 12.7. The standard InChI is InChI=1S/C18H10O7/c19-8-3-1-7(2-4-8)13-15(22)16(23)14-9-5-10(20)11(21)6-12(9)25-18(14)17(13)24/h1-6,19-22H. The molecule has 0 saturated carbocycles. The number of hydrogen-bond acceptors (Lipinski definition) is 7. The molecule has 25 heavy (non-hydrogen) atoms. The maximum Gasteiger partial charge on any atom is 0.233 e. The van der Waals surface area contributed by atoms with Crippen molar-refractivity contribution in [2.24, 2.45) is 0 Å². The van der Waals surface area contributed by atoms with Crippen molar-refractivity contribution in [3.05, 3.63) is 59.0 Å². The molecule has 7 heteroatoms. The number of phenols is 3. The molecule has 0 amide bonds. The van der Waals surface area contributed by atoms with Gasteiger partial charge in [-0.25, -0.2) is 0 Å². The molecule has 124 valence electrons. The van der Waals surface area contributed by atoms with Gasteiger partial charge in [0.2, 0.25) is 11.6 Å². The van der Waals surface area contributed by atoms with Gasteiger partial charge in [0.15, 0.2) is 23.0 Å². The number of aliphatic hydroxyl groups is 1. The number of benzene rings is 2. The molecule has 1 heterocycles. The summed E-state index contributed by atoms with van der Waals surface area (Å²) < 4.78 is 5.40. The van der Waals surface area contributed by atoms with E-state index < -0.39 is 28.8 Å². The Morgan fingerprint density at radius 3 is 2.12 bits per heavy atom. The smallest absolute Gasteiger partial charge is 0.233 e. The van der Waals surface area contributed by atoms with E-state index in [1.54, 1.807) is 0 Å². The van der Waals surface area contributed by atoms with Crippen LogP contribution in [-0.2, 0) is 0 Å². The first-order valence-corrected chi connectivity index (χ1v) is 7.19. The lowest BCUT2D eigenvalue weighted by Crippen LogP contribution is -2.19. The molecule has 1 aliphatic rings. The molecule has 2 aromatic carbocycles. The molecule has 0 bridgehead atoms. The maximum atomic E-state index is 12.7. The van der Waals surface area contributed by atoms with Gasteiger partial charge in [-0.3, -0.25) is 9.59 Å². The summed E-state index contributed by atoms with van der Waals surface area (Å²) in [6.07, 6.45) is 0. The normalized spacial score (nSPS) is 14.2. The van der Waals surface area contributed by atoms with Crippen LogP contribution < -0.4 is 0 Å². The Balaban J connectivity index is 1.98. The predicted molar refractivity (Wildman–Crippen MR) is 85.9 cm³/mol. The average Bonchev–Trinajstić information content (AvgIpc) is 2.94. The molecule has 0 aliphatic heterocycles. The van der Waals surface area contributed by atoms with Crippen LogP contribution in [0.3, 0.4) is 0 Å². The third kappa shape index (κ3) is 1.99. The lowest BCUT2D eigenvalue weighted by molar-refractivity contribution is 0.0937. The van der Waals surface area contributed by atoms with Gasteiger partial charge in [0.25, 0.3) is 0 Å². The van der Waals surface area contributed by atoms with Crippen molar-refractivity contribution in [1.82, 2.24) is 0 Å². The van der Waals surface area contributed by atoms with E-state index >= 15 is 0 Å². The molecular weight excluding hydrogens is 328 g/mol. The summed E-state index contributed by atoms with van der Waals surface area (Å²) in [4.78, 5) is 25.3. The van der Waals surface area contributed by atoms with Crippen molar-refractivity contribution in [3.8, 4) is 17.2 Å². The minimum atomic E-state index is -0.832. The molecule has 0 atom stereocenters. The van der Waals surface area contributed by atoms with E-state index in [2.05, 4.69) is 0 Å². The number of allylic oxidation sites excluding steroid dienone is 2. The van der Waals surface area contributed by atoms with Crippen LogP contribution in [0.2, 0.25) is 0 Å². The van der Waals surface area contributed by atoms with Crippen LogP contribution in [0.1, 0.15) is 26.5 Å². The molecule has 0 radical (unpaired) electrons. The number of fused-ring (bicyclic) bond motifs is 3. The van der Waals surface area contributed by atoms with Crippen molar-refractivity contribution in [2.45, 2.75) is 0 Å². The Bertz CT molecular complexity index is 1100. The largest absolute Gasteiger partial charge is 0.508 e. The fourth-order valence-electron chi connectivity index (χ4n) is 2.85. The fraction of sp³-hybridized carbons (Fsp3) is 0. The number of hydrogen-bond donors (Lipinski definition) is 4. The highest BCUT2D eigenvalue weighted by atomic mass is 16.4. The highest BCUT2D eigenvalue weighted by Crippen LogP contribution is 2.40. The SMILES string of the molecule is O=C1C(c2ccc(O)cc2)=C(O)C(=O)c2c1oc1cc(O)c(O)cc21. The average molecular weight is 338 g/mol. The van der Waals surface area contributed by atoms with Gasteiger partial charge in [0.05, 0.1) is 11.1 Å². The molecule has 0 saturated heterocycles. The van der Waals surface area contributed by atoms with Crippen LogP contribution in [0.25, 0.3) is 16.5 Å². The van der Waals surface area contributed by atoms with Crippen LogP contribution in [0.5, 0.6) is 17.2 Å². The van der Waals surface area contributed by atoms with Gasteiger partial charge in [-0.1, -0.05) is 12.1 Å². The summed E-state index contributed by atoms with van der Waals surface area (Å²) in [5, 5.41) is 38.9. The van der Waals surface area contributed by atoms with E-state index in [0.717, 1.165) is 12.1 Å². The summed E-state index contributed by atoms with van der Waals surface area (Å²) in [6, 6.07) is 7.59. The van der Waals surface area contributed by atoms with Crippen LogP contribution in [0, 0.1) is 0 Å². The minimum absolute atomic E-state index is 0.0294. The van der Waals surface area contributed by atoms with Gasteiger partial charge in [-0.15, -0.1) is 0 Å². The minimum Gasteiger partial charge on any atom is -0.508 e. The first-order valence-electron chi connectivity index (χ1n) is 7.19. The van der Waals surface area contributed by atoms with E-state index in [-0.39, 0.29) is 39.2 Å². The van der Waals surface area contributed by atoms with Crippen LogP contribution in [0.4, 0.5) is 0 Å². The van der Waals surface area contributed by atoms with Crippen molar-refractivity contribution in [2.75, 3.05) is 0 Å². The lowest BCUT2D eigenvalue weighted by Gasteiger charge is -2.14. The van der Waals surface area contributed by atoms with E-state index in [4.69, 9.17) is 4.42 Å². The number of ketones is 2. The van der Waals surface area contributed by atoms with E-state index in [0.29, 0.717) is 0 Å². The molecule has 1 aliphatic carbocycles. The van der Waals surface area contributed by atoms with E-state index in [9.17, 15) is 30.0 Å². The Hall–Kier alpha value is -3.74. The summed E-state index contributed by atoms with van der Waals surface area (Å²) in [7, 11) is 0. The number of aliphatic hydroxyl groups excluding tert-OH is 1. The molecule has 1 aromatic heterocycles. The number of phenolic OH excluding ortho intramolecular Hbond substituents is 3. The van der Waals surface area contributed by atoms with Gasteiger partial charge >= 0.3 is 0 Å². The molecule has 0 unspecified atom stereocenters. The molecule has 7 nitrogen and oxygen atoms in total. The van der Waals surface area contributed by atoms with Crippen molar-refractivity contribution < 1.29 is 34.4 Å². The van der Waals surface area contributed by atoms with Gasteiger partial charge < -0.3 is 24.8 Å². The second kappa shape index (κ2) is 4.88. The van der Waals surface area contributed by atoms with Crippen molar-refractivity contribution in [3.63, 3.8) is 0 Å². The molecule has 4 rings (SSSR count). The topological polar surface area (TPSA) is 128 Å². The zero-order chi connectivity index (χ0) is 17.9. The molecule has 0 spiro atoms. The Morgan fingerprint density at radius 2 is 1.44 bits per heavy atom. The zero-order valence-electron chi connectivity index (χ0n) is 12.5. The van der Waals surface area contributed by atoms with E-state index in [1.807, 2.05) is 0 Å². The lowest BCUT2D eigenvalue weighted by atomic mass is 9.88. The number of rotatable bonds is 1. The summed E-state index contributed by atoms with van der Waals surface area (Å²) in [5.74, 6) is -3.56. The third-order valence-electron chi connectivity index (χ3n) is 4.05. The molecule has 4 N–H and O–H groups in total. The highest BCUT2D eigenvalue weighted by Gasteiger charge is 2.38. The van der Waals surface area contributed by atoms with Gasteiger partial charge in [0, 0.05) is 11.5 Å². The molecular formula is C18H10O7. The van der Waals surface area contributed by atoms with E-state index in [1.165, 1.54) is 24.3 Å². The first kappa shape index (κ1) is 14.8. The first-order chi connectivity index (χ1) is 11.9. The third-order valence-corrected chi connectivity index (χ3v) is 4.05. The number of carbonyl (C=O) groups is 2. The monoisotopic (exact) mass is 338 g/mol. The number of aromatic hydroxyl groups is 3. The Labute approximate surface area is 139 Å². The van der Waals surface area contributed by atoms with Gasteiger partial charge in [0.1, 0.15) is 11.3 Å². The second-order valence-electron chi connectivity index (χ2n) is 5.57. The second-order valence-corrected chi connectivity index (χ2v) is 5.57. The summed E-state index contributed by atoms with van der Waals surface area (Å²) in [5.41, 5.74) is -0.146. The highest BCUT2D eigenvalue weighted by molar-refractivity contribution is 6.41. The predicted octanol–water partition coefficient (Wildman–Crippen LogP) is 2.90. The Morgan fingerprint density at radius 1 is 0.800 bits per heavy atom. The zero-order valence-corrected chi connectivity index (χ0v) is 12.5. The van der Waals surface area contributed by atoms with Crippen LogP contribution in [0.15, 0.2) is 46.6 Å². The quantitative estimate of drug-likeness (QED) is 0.502. The van der Waals surface area contributed by atoms with Crippen molar-refractivity contribution >= 4 is 28.1 Å². The van der Waals surface area contributed by atoms with Crippen LogP contribution >= 0.6 is 0 Å². The van der Waals surface area contributed by atoms with Gasteiger partial charge in [-0.05, 0) is 23.8 Å². The van der Waals surface area contributed by atoms with Crippen molar-refractivity contribution in [1.29, 1.82) is 0 Å². The van der Waals surface area contributed by atoms with Crippen LogP contribution in [-0.4, -0.2) is 32.0 Å². The molecule has 0 fully saturated rings. The number of carbonyl (C=O) groups excluding carboxylic acids is 2. The summed E-state index contributed by atoms with van der Waals surface area (Å²) >= 11 is 0. The number of furan rings is 1. The summed E-state index contributed by atoms with van der Waals surface area (Å²) in [6.45, 7) is 0. The fourth-order valence-corrected chi connectivity index (χ4v) is 2.85. The molecule has 3 aromatic rings. The Kier molecular flexibility index (Phi) is 2.89. The van der Waals surface area contributed by atoms with Gasteiger partial charge in [-0.2, -0.15) is 0 Å². The number of Topliss-reactive ketones (excluding diaryl/α,β-unsaturated/α-hetero) is 2.